The fraction of sp³-hybridized carbons (Fsp3) is 0.667. The van der Waals surface area contributed by atoms with Gasteiger partial charge in [0, 0.05) is 19.7 Å². The van der Waals surface area contributed by atoms with Gasteiger partial charge in [-0.15, -0.1) is 0 Å². The van der Waals surface area contributed by atoms with E-state index < -0.39 is 0 Å². The largest absolute Gasteiger partial charge is 0.490 e. The minimum atomic E-state index is 0.243. The Morgan fingerprint density at radius 3 is 3.05 bits per heavy atom. The van der Waals surface area contributed by atoms with Crippen LogP contribution in [0, 0.1) is 0 Å². The van der Waals surface area contributed by atoms with Crippen molar-refractivity contribution < 1.29 is 9.47 Å². The summed E-state index contributed by atoms with van der Waals surface area (Å²) < 4.78 is 11.1. The average molecular weight is 267 g/mol. The fourth-order valence-electron chi connectivity index (χ4n) is 2.38. The molecule has 0 radical (unpaired) electrons. The smallest absolute Gasteiger partial charge is 0.205 e. The number of aromatic nitrogens is 2. The van der Waals surface area contributed by atoms with Gasteiger partial charge in [0.05, 0.1) is 13.2 Å². The molecular formula is C12H21N5O2. The zero-order valence-corrected chi connectivity index (χ0v) is 11.4. The molecule has 1 aliphatic rings. The minimum absolute atomic E-state index is 0.243. The van der Waals surface area contributed by atoms with Crippen molar-refractivity contribution in [3.8, 4) is 5.75 Å². The van der Waals surface area contributed by atoms with E-state index in [0.717, 1.165) is 38.4 Å². The molecule has 0 saturated carbocycles. The second-order valence-corrected chi connectivity index (χ2v) is 4.39. The summed E-state index contributed by atoms with van der Waals surface area (Å²) in [6, 6.07) is 0. The van der Waals surface area contributed by atoms with Crippen LogP contribution >= 0.6 is 0 Å². The van der Waals surface area contributed by atoms with Crippen molar-refractivity contribution in [1.29, 1.82) is 0 Å². The highest BCUT2D eigenvalue weighted by Gasteiger charge is 2.24. The van der Waals surface area contributed by atoms with Crippen LogP contribution in [0.1, 0.15) is 19.8 Å². The molecule has 1 aliphatic heterocycles. The fourth-order valence-corrected chi connectivity index (χ4v) is 2.38. The second-order valence-electron chi connectivity index (χ2n) is 4.39. The van der Waals surface area contributed by atoms with Gasteiger partial charge in [-0.05, 0) is 19.8 Å². The number of hydrazine groups is 1. The van der Waals surface area contributed by atoms with Crippen LogP contribution in [0.5, 0.6) is 5.75 Å². The van der Waals surface area contributed by atoms with Crippen molar-refractivity contribution >= 4 is 11.6 Å². The molecule has 0 amide bonds. The first-order valence-corrected chi connectivity index (χ1v) is 6.52. The number of nitrogens with two attached hydrogens (primary N) is 1. The molecule has 3 N–H and O–H groups in total. The molecule has 106 valence electrons. The van der Waals surface area contributed by atoms with E-state index in [2.05, 4.69) is 20.3 Å². The highest BCUT2D eigenvalue weighted by molar-refractivity contribution is 5.64. The van der Waals surface area contributed by atoms with E-state index in [-0.39, 0.29) is 6.10 Å². The molecule has 0 spiro atoms. The first-order chi connectivity index (χ1) is 9.30. The monoisotopic (exact) mass is 267 g/mol. The number of piperidine rings is 1. The molecule has 1 aromatic heterocycles. The number of hydrogen-bond donors (Lipinski definition) is 2. The van der Waals surface area contributed by atoms with Crippen LogP contribution < -0.4 is 20.9 Å². The maximum atomic E-state index is 5.70. The predicted octanol–water partition coefficient (Wildman–Crippen LogP) is 0.776. The van der Waals surface area contributed by atoms with Gasteiger partial charge in [-0.25, -0.2) is 15.8 Å². The lowest BCUT2D eigenvalue weighted by molar-refractivity contribution is 0.0524. The SMILES string of the molecule is CCOC1CCCN(c2ncnc(NN)c2OC)C1. The Hall–Kier alpha value is -1.60. The Bertz CT molecular complexity index is 413. The zero-order valence-electron chi connectivity index (χ0n) is 11.4. The van der Waals surface area contributed by atoms with Gasteiger partial charge in [0.15, 0.2) is 11.6 Å². The van der Waals surface area contributed by atoms with Crippen LogP contribution in [-0.4, -0.2) is 42.9 Å². The summed E-state index contributed by atoms with van der Waals surface area (Å²) in [5.41, 5.74) is 2.53. The molecule has 0 aromatic carbocycles. The van der Waals surface area contributed by atoms with Gasteiger partial charge in [-0.3, -0.25) is 0 Å². The summed E-state index contributed by atoms with van der Waals surface area (Å²) in [5, 5.41) is 0. The Morgan fingerprint density at radius 1 is 1.53 bits per heavy atom. The average Bonchev–Trinajstić information content (AvgIpc) is 2.47. The van der Waals surface area contributed by atoms with Crippen molar-refractivity contribution in [1.82, 2.24) is 9.97 Å². The molecule has 7 heteroatoms. The Kier molecular flexibility index (Phi) is 4.75. The van der Waals surface area contributed by atoms with Crippen LogP contribution in [0.15, 0.2) is 6.33 Å². The molecule has 1 atom stereocenters. The molecule has 2 heterocycles. The third kappa shape index (κ3) is 3.05. The van der Waals surface area contributed by atoms with Crippen LogP contribution in [0.4, 0.5) is 11.6 Å². The molecule has 19 heavy (non-hydrogen) atoms. The van der Waals surface area contributed by atoms with E-state index in [0.29, 0.717) is 11.6 Å². The topological polar surface area (TPSA) is 85.5 Å². The number of methoxy groups -OCH3 is 1. The molecular weight excluding hydrogens is 246 g/mol. The summed E-state index contributed by atoms with van der Waals surface area (Å²) in [7, 11) is 1.59. The van der Waals surface area contributed by atoms with E-state index >= 15 is 0 Å². The van der Waals surface area contributed by atoms with E-state index in [1.165, 1.54) is 6.33 Å². The quantitative estimate of drug-likeness (QED) is 0.602. The highest BCUT2D eigenvalue weighted by atomic mass is 16.5. The summed E-state index contributed by atoms with van der Waals surface area (Å²) >= 11 is 0. The summed E-state index contributed by atoms with van der Waals surface area (Å²) in [4.78, 5) is 10.5. The van der Waals surface area contributed by atoms with Crippen LogP contribution in [-0.2, 0) is 4.74 Å². The zero-order chi connectivity index (χ0) is 13.7. The third-order valence-electron chi connectivity index (χ3n) is 3.21. The number of anilines is 2. The number of nitrogen functional groups attached to an aromatic ring is 1. The first kappa shape index (κ1) is 13.8. The Labute approximate surface area is 113 Å². The summed E-state index contributed by atoms with van der Waals surface area (Å²) in [6.07, 6.45) is 3.88. The van der Waals surface area contributed by atoms with Gasteiger partial charge >= 0.3 is 0 Å². The van der Waals surface area contributed by atoms with Gasteiger partial charge < -0.3 is 19.8 Å². The molecule has 1 unspecified atom stereocenters. The molecule has 7 nitrogen and oxygen atoms in total. The van der Waals surface area contributed by atoms with Gasteiger partial charge in [-0.2, -0.15) is 0 Å². The lowest BCUT2D eigenvalue weighted by atomic mass is 10.1. The van der Waals surface area contributed by atoms with Crippen molar-refractivity contribution in [2.24, 2.45) is 5.84 Å². The second kappa shape index (κ2) is 6.53. The van der Waals surface area contributed by atoms with Crippen LogP contribution in [0.3, 0.4) is 0 Å². The van der Waals surface area contributed by atoms with Gasteiger partial charge in [-0.1, -0.05) is 0 Å². The molecule has 2 rings (SSSR count). The number of ether oxygens (including phenoxy) is 2. The number of hydrogen-bond acceptors (Lipinski definition) is 7. The molecule has 0 aliphatic carbocycles. The lowest BCUT2D eigenvalue weighted by Crippen LogP contribution is -2.40. The standard InChI is InChI=1S/C12H21N5O2/c1-3-19-9-5-4-6-17(7-9)12-10(18-2)11(16-13)14-8-15-12/h8-9H,3-7,13H2,1-2H3,(H,14,15,16). The summed E-state index contributed by atoms with van der Waals surface area (Å²) in [5.74, 6) is 7.26. The first-order valence-electron chi connectivity index (χ1n) is 6.52. The van der Waals surface area contributed by atoms with E-state index in [1.54, 1.807) is 7.11 Å². The minimum Gasteiger partial charge on any atom is -0.490 e. The van der Waals surface area contributed by atoms with Crippen LogP contribution in [0.25, 0.3) is 0 Å². The van der Waals surface area contributed by atoms with Gasteiger partial charge in [0.1, 0.15) is 6.33 Å². The van der Waals surface area contributed by atoms with Crippen molar-refractivity contribution in [3.05, 3.63) is 6.33 Å². The van der Waals surface area contributed by atoms with Gasteiger partial charge in [0.25, 0.3) is 0 Å². The highest BCUT2D eigenvalue weighted by Crippen LogP contribution is 2.33. The van der Waals surface area contributed by atoms with E-state index in [1.807, 2.05) is 6.92 Å². The normalized spacial score (nSPS) is 19.3. The van der Waals surface area contributed by atoms with E-state index in [9.17, 15) is 0 Å². The van der Waals surface area contributed by atoms with Gasteiger partial charge in [0.2, 0.25) is 5.75 Å². The maximum Gasteiger partial charge on any atom is 0.205 e. The lowest BCUT2D eigenvalue weighted by Gasteiger charge is -2.34. The molecule has 1 aromatic rings. The molecule has 1 saturated heterocycles. The maximum absolute atomic E-state index is 5.70. The number of rotatable bonds is 5. The number of nitrogens with one attached hydrogen (secondary N) is 1. The predicted molar refractivity (Wildman–Crippen MR) is 73.3 cm³/mol. The van der Waals surface area contributed by atoms with E-state index in [4.69, 9.17) is 15.3 Å². The molecule has 0 bridgehead atoms. The van der Waals surface area contributed by atoms with Crippen LogP contribution in [0.2, 0.25) is 0 Å². The van der Waals surface area contributed by atoms with Crippen molar-refractivity contribution in [3.63, 3.8) is 0 Å². The molecule has 1 fully saturated rings. The summed E-state index contributed by atoms with van der Waals surface area (Å²) in [6.45, 7) is 4.49. The Morgan fingerprint density at radius 2 is 2.37 bits per heavy atom. The van der Waals surface area contributed by atoms with Crippen molar-refractivity contribution in [2.75, 3.05) is 37.1 Å². The number of nitrogens with zero attached hydrogens (tertiary/aromatic N) is 3. The third-order valence-corrected chi connectivity index (χ3v) is 3.21. The van der Waals surface area contributed by atoms with Crippen molar-refractivity contribution in [2.45, 2.75) is 25.9 Å². The Balaban J connectivity index is 2.20.